The van der Waals surface area contributed by atoms with Crippen LogP contribution < -0.4 is 0 Å². The molecule has 0 spiro atoms. The third kappa shape index (κ3) is 1.94. The molecule has 80 valence electrons. The van der Waals surface area contributed by atoms with Gasteiger partial charge in [0.25, 0.3) is 11.8 Å². The molecule has 0 bridgehead atoms. The zero-order valence-electron chi connectivity index (χ0n) is 7.32. The van der Waals surface area contributed by atoms with Gasteiger partial charge in [0.05, 0.1) is 5.41 Å². The highest BCUT2D eigenvalue weighted by molar-refractivity contribution is 4.95. The first-order chi connectivity index (χ1) is 5.62. The highest BCUT2D eigenvalue weighted by atomic mass is 19.3. The van der Waals surface area contributed by atoms with Gasteiger partial charge >= 0.3 is 0 Å². The van der Waals surface area contributed by atoms with E-state index in [0.29, 0.717) is 13.8 Å². The zero-order chi connectivity index (χ0) is 10.9. The average molecular weight is 204 g/mol. The van der Waals surface area contributed by atoms with Crippen molar-refractivity contribution in [2.24, 2.45) is 5.41 Å². The van der Waals surface area contributed by atoms with E-state index in [2.05, 4.69) is 0 Å². The van der Waals surface area contributed by atoms with E-state index >= 15 is 0 Å². The summed E-state index contributed by atoms with van der Waals surface area (Å²) in [5, 5.41) is 16.4. The molecule has 6 heteroatoms. The number of hydrogen-bond donors (Lipinski definition) is 2. The molecule has 0 radical (unpaired) electrons. The summed E-state index contributed by atoms with van der Waals surface area (Å²) in [5.41, 5.74) is -2.77. The van der Waals surface area contributed by atoms with Crippen LogP contribution in [-0.2, 0) is 0 Å². The maximum atomic E-state index is 12.8. The lowest BCUT2D eigenvalue weighted by Gasteiger charge is -2.38. The Hall–Kier alpha value is -0.360. The Morgan fingerprint density at radius 3 is 1.23 bits per heavy atom. The van der Waals surface area contributed by atoms with Crippen LogP contribution >= 0.6 is 0 Å². The summed E-state index contributed by atoms with van der Waals surface area (Å²) < 4.78 is 51.1. The lowest BCUT2D eigenvalue weighted by molar-refractivity contribution is -0.247. The number of alkyl halides is 4. The molecule has 0 fully saturated rings. The minimum Gasteiger partial charge on any atom is -0.390 e. The van der Waals surface area contributed by atoms with Crippen LogP contribution in [0.15, 0.2) is 0 Å². The molecule has 0 amide bonds. The van der Waals surface area contributed by atoms with Gasteiger partial charge in [0.2, 0.25) is 0 Å². The quantitative estimate of drug-likeness (QED) is 0.677. The topological polar surface area (TPSA) is 40.5 Å². The van der Waals surface area contributed by atoms with Gasteiger partial charge in [0.15, 0.2) is 0 Å². The lowest BCUT2D eigenvalue weighted by atomic mass is 9.79. The van der Waals surface area contributed by atoms with Crippen molar-refractivity contribution in [1.82, 2.24) is 0 Å². The molecule has 0 aliphatic rings. The summed E-state index contributed by atoms with van der Waals surface area (Å²) in [6.45, 7) is -2.15. The molecule has 13 heavy (non-hydrogen) atoms. The molecule has 0 rings (SSSR count). The van der Waals surface area contributed by atoms with Crippen LogP contribution in [-0.4, -0.2) is 35.3 Å². The molecular weight excluding hydrogens is 192 g/mol. The third-order valence-corrected chi connectivity index (χ3v) is 2.23. The summed E-state index contributed by atoms with van der Waals surface area (Å²) in [4.78, 5) is 0. The van der Waals surface area contributed by atoms with Gasteiger partial charge < -0.3 is 10.2 Å². The van der Waals surface area contributed by atoms with E-state index in [-0.39, 0.29) is 0 Å². The van der Waals surface area contributed by atoms with Gasteiger partial charge in [0, 0.05) is 0 Å². The number of rotatable bonds is 4. The third-order valence-electron chi connectivity index (χ3n) is 2.23. The Kier molecular flexibility index (Phi) is 3.32. The number of hydrogen-bond acceptors (Lipinski definition) is 2. The van der Waals surface area contributed by atoms with E-state index in [9.17, 15) is 17.6 Å². The minimum atomic E-state index is -3.93. The molecule has 0 aliphatic carbocycles. The predicted molar refractivity (Wildman–Crippen MR) is 37.8 cm³/mol. The van der Waals surface area contributed by atoms with E-state index in [1.807, 2.05) is 0 Å². The number of halogens is 4. The van der Waals surface area contributed by atoms with Crippen molar-refractivity contribution in [3.05, 3.63) is 0 Å². The number of aliphatic hydroxyl groups is 2. The molecular formula is C7H12F4O2. The molecule has 0 saturated carbocycles. The second-order valence-electron chi connectivity index (χ2n) is 3.35. The van der Waals surface area contributed by atoms with E-state index in [1.54, 1.807) is 0 Å². The summed E-state index contributed by atoms with van der Waals surface area (Å²) in [7, 11) is 0. The second kappa shape index (κ2) is 3.42. The second-order valence-corrected chi connectivity index (χ2v) is 3.35. The maximum Gasteiger partial charge on any atom is 0.281 e. The Morgan fingerprint density at radius 1 is 0.846 bits per heavy atom. The fraction of sp³-hybridized carbons (Fsp3) is 1.00. The standard InChI is InChI=1S/C7H12F4O2/c1-5(2,6(8,9)3-12)7(10,11)4-13/h12-13H,3-4H2,1-2H3. The minimum absolute atomic E-state index is 0.597. The molecule has 2 nitrogen and oxygen atoms in total. The summed E-state index contributed by atoms with van der Waals surface area (Å²) in [6, 6.07) is 0. The van der Waals surface area contributed by atoms with Gasteiger partial charge in [-0.3, -0.25) is 0 Å². The molecule has 2 N–H and O–H groups in total. The van der Waals surface area contributed by atoms with Gasteiger partial charge in [0.1, 0.15) is 13.2 Å². The highest BCUT2D eigenvalue weighted by Gasteiger charge is 2.61. The highest BCUT2D eigenvalue weighted by Crippen LogP contribution is 2.47. The molecule has 0 aromatic rings. The van der Waals surface area contributed by atoms with Gasteiger partial charge in [-0.2, -0.15) is 0 Å². The van der Waals surface area contributed by atoms with E-state index in [0.717, 1.165) is 0 Å². The van der Waals surface area contributed by atoms with Crippen molar-refractivity contribution < 1.29 is 27.8 Å². The van der Waals surface area contributed by atoms with E-state index in [4.69, 9.17) is 10.2 Å². The molecule has 0 aromatic heterocycles. The average Bonchev–Trinajstić information content (AvgIpc) is 2.03. The molecule has 0 saturated heterocycles. The normalized spacial score (nSPS) is 14.8. The largest absolute Gasteiger partial charge is 0.390 e. The van der Waals surface area contributed by atoms with E-state index in [1.165, 1.54) is 0 Å². The molecule has 0 atom stereocenters. The Labute approximate surface area is 73.2 Å². The van der Waals surface area contributed by atoms with Crippen LogP contribution in [0, 0.1) is 5.41 Å². The predicted octanol–water partition coefficient (Wildman–Crippen LogP) is 1.27. The van der Waals surface area contributed by atoms with Crippen LogP contribution in [0.5, 0.6) is 0 Å². The fourth-order valence-electron chi connectivity index (χ4n) is 0.663. The van der Waals surface area contributed by atoms with Crippen LogP contribution in [0.25, 0.3) is 0 Å². The Morgan fingerprint density at radius 2 is 1.08 bits per heavy atom. The maximum absolute atomic E-state index is 12.8. The van der Waals surface area contributed by atoms with Gasteiger partial charge in [-0.15, -0.1) is 0 Å². The van der Waals surface area contributed by atoms with Crippen molar-refractivity contribution in [3.63, 3.8) is 0 Å². The Bertz CT molecular complexity index is 161. The van der Waals surface area contributed by atoms with Crippen LogP contribution in [0.4, 0.5) is 17.6 Å². The van der Waals surface area contributed by atoms with Gasteiger partial charge in [-0.25, -0.2) is 17.6 Å². The zero-order valence-corrected chi connectivity index (χ0v) is 7.32. The summed E-state index contributed by atoms with van der Waals surface area (Å²) in [6.07, 6.45) is 0. The van der Waals surface area contributed by atoms with Crippen LogP contribution in [0.2, 0.25) is 0 Å². The molecule has 0 aromatic carbocycles. The van der Waals surface area contributed by atoms with Crippen molar-refractivity contribution in [2.75, 3.05) is 13.2 Å². The first-order valence-corrected chi connectivity index (χ1v) is 3.60. The fourth-order valence-corrected chi connectivity index (χ4v) is 0.663. The first kappa shape index (κ1) is 12.6. The van der Waals surface area contributed by atoms with Crippen molar-refractivity contribution in [2.45, 2.75) is 25.7 Å². The first-order valence-electron chi connectivity index (χ1n) is 3.60. The molecule has 0 heterocycles. The molecule has 0 aliphatic heterocycles. The van der Waals surface area contributed by atoms with Gasteiger partial charge in [-0.1, -0.05) is 0 Å². The van der Waals surface area contributed by atoms with E-state index < -0.39 is 30.5 Å². The van der Waals surface area contributed by atoms with Crippen molar-refractivity contribution >= 4 is 0 Å². The van der Waals surface area contributed by atoms with Crippen molar-refractivity contribution in [1.29, 1.82) is 0 Å². The van der Waals surface area contributed by atoms with Crippen LogP contribution in [0.3, 0.4) is 0 Å². The molecule has 0 unspecified atom stereocenters. The van der Waals surface area contributed by atoms with Crippen LogP contribution in [0.1, 0.15) is 13.8 Å². The SMILES string of the molecule is CC(C)(C(F)(F)CO)C(F)(F)CO. The number of aliphatic hydroxyl groups excluding tert-OH is 2. The monoisotopic (exact) mass is 204 g/mol. The summed E-state index contributed by atoms with van der Waals surface area (Å²) >= 11 is 0. The Balaban J connectivity index is 4.95. The van der Waals surface area contributed by atoms with Crippen molar-refractivity contribution in [3.8, 4) is 0 Å². The summed E-state index contributed by atoms with van der Waals surface area (Å²) in [5.74, 6) is -7.86. The van der Waals surface area contributed by atoms with Gasteiger partial charge in [-0.05, 0) is 13.8 Å². The smallest absolute Gasteiger partial charge is 0.281 e. The lowest BCUT2D eigenvalue weighted by Crippen LogP contribution is -2.53.